The van der Waals surface area contributed by atoms with Crippen LogP contribution in [0.2, 0.25) is 0 Å². The molecule has 0 saturated carbocycles. The summed E-state index contributed by atoms with van der Waals surface area (Å²) in [5, 5.41) is -0.488. The van der Waals surface area contributed by atoms with Crippen molar-refractivity contribution in [1.82, 2.24) is 14.9 Å². The first-order valence-corrected chi connectivity index (χ1v) is 12.2. The molecule has 0 spiro atoms. The Kier molecular flexibility index (Phi) is 10.1. The number of phosphoric ester groups is 1. The number of aromatic nitrogens is 2. The maximum Gasteiger partial charge on any atom is 0.469 e. The second-order valence-corrected chi connectivity index (χ2v) is 9.26. The Hall–Kier alpha value is -2.89. The Morgan fingerprint density at radius 2 is 2.06 bits per heavy atom. The molecule has 0 aliphatic rings. The standard InChI is InChI=1S/C21H24FN4O6PS/c1-14(26(13-27)12-17-11-24-15(2)25-21(17)23)19(9-10-32-33(29,30)31)34-20(28)8-7-16-5-3-4-6-18(16)22/h3-8,11,13H,9-10,12H2,1-2H3,(H2,23,24,25)(H2,29,30,31)/b8-7+,19-14-. The number of hydrogen-bond donors (Lipinski definition) is 3. The van der Waals surface area contributed by atoms with Crippen LogP contribution in [-0.2, 0) is 25.2 Å². The summed E-state index contributed by atoms with van der Waals surface area (Å²) in [7, 11) is -4.73. The number of nitrogens with zero attached hydrogens (tertiary/aromatic N) is 3. The summed E-state index contributed by atoms with van der Waals surface area (Å²) in [6.45, 7) is 2.83. The number of nitrogens with two attached hydrogens (primary N) is 1. The fraction of sp³-hybridized carbons (Fsp3) is 0.238. The molecule has 0 radical (unpaired) electrons. The van der Waals surface area contributed by atoms with Gasteiger partial charge in [-0.3, -0.25) is 14.1 Å². The maximum atomic E-state index is 13.8. The molecule has 0 unspecified atom stereocenters. The highest BCUT2D eigenvalue weighted by Crippen LogP contribution is 2.37. The molecule has 0 aliphatic heterocycles. The predicted octanol–water partition coefficient (Wildman–Crippen LogP) is 3.17. The SMILES string of the molecule is C/C(=C(\CCOP(=O)(O)O)SC(=O)/C=C/c1ccccc1F)N(C=O)Cc1cnc(C)nc1N. The Balaban J connectivity index is 2.27. The van der Waals surface area contributed by atoms with Gasteiger partial charge in [0, 0.05) is 34.3 Å². The molecule has 34 heavy (non-hydrogen) atoms. The Morgan fingerprint density at radius 1 is 1.35 bits per heavy atom. The lowest BCUT2D eigenvalue weighted by molar-refractivity contribution is -0.117. The molecule has 0 saturated heterocycles. The fourth-order valence-corrected chi connectivity index (χ4v) is 3.86. The largest absolute Gasteiger partial charge is 0.469 e. The second kappa shape index (κ2) is 12.5. The van der Waals surface area contributed by atoms with Crippen LogP contribution in [0.1, 0.15) is 30.3 Å². The molecule has 2 rings (SSSR count). The van der Waals surface area contributed by atoms with Crippen LogP contribution in [0.5, 0.6) is 0 Å². The van der Waals surface area contributed by atoms with Crippen LogP contribution in [0, 0.1) is 12.7 Å². The number of thioether (sulfide) groups is 1. The summed E-state index contributed by atoms with van der Waals surface area (Å²) < 4.78 is 29.3. The Bertz CT molecular complexity index is 1150. The van der Waals surface area contributed by atoms with Crippen molar-refractivity contribution in [1.29, 1.82) is 0 Å². The molecule has 1 aromatic heterocycles. The van der Waals surface area contributed by atoms with Crippen molar-refractivity contribution in [3.63, 3.8) is 0 Å². The minimum atomic E-state index is -4.73. The number of allylic oxidation sites excluding steroid dienone is 1. The molecule has 0 atom stereocenters. The number of carbonyl (C=O) groups excluding carboxylic acids is 2. The molecule has 10 nitrogen and oxygen atoms in total. The van der Waals surface area contributed by atoms with Gasteiger partial charge < -0.3 is 20.4 Å². The quantitative estimate of drug-likeness (QED) is 0.233. The maximum absolute atomic E-state index is 13.8. The Labute approximate surface area is 200 Å². The molecular weight excluding hydrogens is 486 g/mol. The first kappa shape index (κ1) is 27.4. The third kappa shape index (κ3) is 8.81. The third-order valence-corrected chi connectivity index (χ3v) is 6.04. The van der Waals surface area contributed by atoms with E-state index in [1.807, 2.05) is 0 Å². The lowest BCUT2D eigenvalue weighted by atomic mass is 10.2. The van der Waals surface area contributed by atoms with Crippen molar-refractivity contribution < 1.29 is 32.9 Å². The van der Waals surface area contributed by atoms with Crippen molar-refractivity contribution in [2.45, 2.75) is 26.8 Å². The van der Waals surface area contributed by atoms with Crippen LogP contribution in [0.25, 0.3) is 6.08 Å². The van der Waals surface area contributed by atoms with Crippen molar-refractivity contribution >= 4 is 43.0 Å². The molecule has 0 bridgehead atoms. The summed E-state index contributed by atoms with van der Waals surface area (Å²) in [6.07, 6.45) is 4.40. The lowest BCUT2D eigenvalue weighted by Gasteiger charge is -2.22. The molecule has 1 heterocycles. The van der Waals surface area contributed by atoms with Crippen LogP contribution < -0.4 is 5.73 Å². The van der Waals surface area contributed by atoms with Crippen molar-refractivity contribution in [3.05, 3.63) is 69.9 Å². The van der Waals surface area contributed by atoms with E-state index in [1.54, 1.807) is 19.9 Å². The monoisotopic (exact) mass is 510 g/mol. The number of phosphoric acid groups is 1. The van der Waals surface area contributed by atoms with E-state index in [4.69, 9.17) is 15.5 Å². The van der Waals surface area contributed by atoms with Crippen molar-refractivity contribution in [3.8, 4) is 0 Å². The van der Waals surface area contributed by atoms with Gasteiger partial charge in [-0.15, -0.1) is 0 Å². The summed E-state index contributed by atoms with van der Waals surface area (Å²) >= 11 is 0.725. The van der Waals surface area contributed by atoms with E-state index in [2.05, 4.69) is 14.5 Å². The summed E-state index contributed by atoms with van der Waals surface area (Å²) in [6, 6.07) is 5.91. The number of aryl methyl sites for hydroxylation is 1. The van der Waals surface area contributed by atoms with E-state index in [0.29, 0.717) is 28.4 Å². The van der Waals surface area contributed by atoms with Gasteiger partial charge in [-0.05, 0) is 43.8 Å². The zero-order chi connectivity index (χ0) is 25.3. The van der Waals surface area contributed by atoms with Crippen LogP contribution >= 0.6 is 19.6 Å². The number of rotatable bonds is 11. The minimum Gasteiger partial charge on any atom is -0.383 e. The van der Waals surface area contributed by atoms with E-state index in [-0.39, 0.29) is 24.3 Å². The Morgan fingerprint density at radius 3 is 2.68 bits per heavy atom. The zero-order valence-electron chi connectivity index (χ0n) is 18.4. The first-order valence-electron chi connectivity index (χ1n) is 9.84. The molecule has 2 aromatic rings. The van der Waals surface area contributed by atoms with E-state index in [0.717, 1.165) is 17.8 Å². The molecular formula is C21H24FN4O6PS. The van der Waals surface area contributed by atoms with Crippen molar-refractivity contribution in [2.24, 2.45) is 0 Å². The van der Waals surface area contributed by atoms with Gasteiger partial charge in [0.25, 0.3) is 0 Å². The molecule has 0 fully saturated rings. The minimum absolute atomic E-state index is 0.00408. The molecule has 1 amide bonds. The van der Waals surface area contributed by atoms with Gasteiger partial charge >= 0.3 is 7.82 Å². The van der Waals surface area contributed by atoms with E-state index < -0.39 is 25.4 Å². The average molecular weight is 510 g/mol. The van der Waals surface area contributed by atoms with Gasteiger partial charge in [0.15, 0.2) is 0 Å². The smallest absolute Gasteiger partial charge is 0.383 e. The first-order chi connectivity index (χ1) is 16.0. The zero-order valence-corrected chi connectivity index (χ0v) is 20.1. The number of hydrogen-bond acceptors (Lipinski definition) is 8. The van der Waals surface area contributed by atoms with Crippen LogP contribution in [-0.4, -0.2) is 42.8 Å². The van der Waals surface area contributed by atoms with Gasteiger partial charge in [0.2, 0.25) is 11.5 Å². The van der Waals surface area contributed by atoms with E-state index in [1.165, 1.54) is 35.4 Å². The van der Waals surface area contributed by atoms with Crippen LogP contribution in [0.15, 0.2) is 47.1 Å². The van der Waals surface area contributed by atoms with Crippen LogP contribution in [0.4, 0.5) is 10.2 Å². The number of benzene rings is 1. The highest BCUT2D eigenvalue weighted by Gasteiger charge is 2.19. The molecule has 1 aromatic carbocycles. The van der Waals surface area contributed by atoms with Gasteiger partial charge in [-0.2, -0.15) is 0 Å². The molecule has 0 aliphatic carbocycles. The second-order valence-electron chi connectivity index (χ2n) is 6.92. The normalized spacial score (nSPS) is 12.5. The summed E-state index contributed by atoms with van der Waals surface area (Å²) in [5.74, 6) is 0.155. The predicted molar refractivity (Wildman–Crippen MR) is 126 cm³/mol. The third-order valence-electron chi connectivity index (χ3n) is 4.44. The number of nitrogen functional groups attached to an aromatic ring is 1. The number of halogens is 1. The fourth-order valence-electron chi connectivity index (χ4n) is 2.70. The van der Waals surface area contributed by atoms with Crippen LogP contribution in [0.3, 0.4) is 0 Å². The summed E-state index contributed by atoms with van der Waals surface area (Å²) in [5.41, 5.74) is 6.92. The lowest BCUT2D eigenvalue weighted by Crippen LogP contribution is -2.22. The molecule has 13 heteroatoms. The van der Waals surface area contributed by atoms with Gasteiger partial charge in [-0.25, -0.2) is 18.9 Å². The highest BCUT2D eigenvalue weighted by atomic mass is 32.2. The number of amides is 1. The van der Waals surface area contributed by atoms with E-state index in [9.17, 15) is 18.5 Å². The molecule has 182 valence electrons. The average Bonchev–Trinajstić information content (AvgIpc) is 2.76. The number of carbonyl (C=O) groups is 2. The topological polar surface area (TPSA) is 156 Å². The van der Waals surface area contributed by atoms with Gasteiger partial charge in [0.1, 0.15) is 17.5 Å². The number of anilines is 1. The van der Waals surface area contributed by atoms with E-state index >= 15 is 0 Å². The van der Waals surface area contributed by atoms with Crippen molar-refractivity contribution in [2.75, 3.05) is 12.3 Å². The van der Waals surface area contributed by atoms with Gasteiger partial charge in [-0.1, -0.05) is 18.2 Å². The highest BCUT2D eigenvalue weighted by molar-refractivity contribution is 8.17. The molecule has 4 N–H and O–H groups in total. The summed E-state index contributed by atoms with van der Waals surface area (Å²) in [4.78, 5) is 51.9. The van der Waals surface area contributed by atoms with Gasteiger partial charge in [0.05, 0.1) is 13.2 Å².